The molecular formula is C18H19F2NO3. The second kappa shape index (κ2) is 6.36. The van der Waals surface area contributed by atoms with Crippen LogP contribution in [0.4, 0.5) is 8.78 Å². The van der Waals surface area contributed by atoms with Gasteiger partial charge >= 0.3 is 5.97 Å². The van der Waals surface area contributed by atoms with Gasteiger partial charge in [0.1, 0.15) is 11.8 Å². The van der Waals surface area contributed by atoms with E-state index >= 15 is 0 Å². The fourth-order valence-electron chi connectivity index (χ4n) is 3.16. The van der Waals surface area contributed by atoms with Gasteiger partial charge in [0.2, 0.25) is 0 Å². The lowest BCUT2D eigenvalue weighted by Crippen LogP contribution is -2.43. The van der Waals surface area contributed by atoms with Gasteiger partial charge in [-0.2, -0.15) is 0 Å². The monoisotopic (exact) mass is 335 g/mol. The number of carboxylic acids is 1. The number of likely N-dealkylation sites (tertiary alicyclic amines) is 1. The maximum absolute atomic E-state index is 13.3. The topological polar surface area (TPSA) is 49.8 Å². The Labute approximate surface area is 138 Å². The lowest BCUT2D eigenvalue weighted by molar-refractivity contribution is -0.146. The minimum absolute atomic E-state index is 0.0740. The molecule has 1 unspecified atom stereocenters. The average Bonchev–Trinajstić information content (AvgIpc) is 2.55. The molecule has 1 aliphatic rings. The minimum atomic E-state index is -2.69. The zero-order valence-electron chi connectivity index (χ0n) is 13.3. The number of carboxylic acid groups (broad SMARTS) is 1. The van der Waals surface area contributed by atoms with E-state index in [1.807, 2.05) is 24.3 Å². The molecule has 0 aliphatic carbocycles. The molecule has 2 aromatic carbocycles. The van der Waals surface area contributed by atoms with E-state index in [1.165, 1.54) is 0 Å². The zero-order valence-corrected chi connectivity index (χ0v) is 13.3. The molecule has 24 heavy (non-hydrogen) atoms. The first-order chi connectivity index (χ1) is 11.4. The third-order valence-corrected chi connectivity index (χ3v) is 4.52. The van der Waals surface area contributed by atoms with Crippen LogP contribution in [0.3, 0.4) is 0 Å². The van der Waals surface area contributed by atoms with Crippen LogP contribution >= 0.6 is 0 Å². The predicted molar refractivity (Wildman–Crippen MR) is 86.6 cm³/mol. The van der Waals surface area contributed by atoms with Crippen LogP contribution in [0.2, 0.25) is 0 Å². The van der Waals surface area contributed by atoms with E-state index < -0.39 is 17.9 Å². The van der Waals surface area contributed by atoms with Crippen LogP contribution in [0.1, 0.15) is 24.4 Å². The van der Waals surface area contributed by atoms with Gasteiger partial charge < -0.3 is 9.84 Å². The highest BCUT2D eigenvalue weighted by Gasteiger charge is 2.38. The number of benzene rings is 2. The summed E-state index contributed by atoms with van der Waals surface area (Å²) in [5, 5.41) is 11.4. The number of hydrogen-bond acceptors (Lipinski definition) is 3. The molecule has 0 amide bonds. The van der Waals surface area contributed by atoms with Crippen molar-refractivity contribution >= 4 is 16.7 Å². The molecule has 1 saturated heterocycles. The zero-order chi connectivity index (χ0) is 17.3. The molecule has 0 spiro atoms. The van der Waals surface area contributed by atoms with Crippen molar-refractivity contribution in [2.24, 2.45) is 0 Å². The second-order valence-electron chi connectivity index (χ2n) is 6.11. The Morgan fingerprint density at radius 3 is 2.42 bits per heavy atom. The highest BCUT2D eigenvalue weighted by atomic mass is 19.3. The van der Waals surface area contributed by atoms with Crippen LogP contribution < -0.4 is 4.74 Å². The summed E-state index contributed by atoms with van der Waals surface area (Å²) >= 11 is 0. The summed E-state index contributed by atoms with van der Waals surface area (Å²) in [7, 11) is 1.59. The van der Waals surface area contributed by atoms with E-state index in [-0.39, 0.29) is 25.9 Å². The fraction of sp³-hybridized carbons (Fsp3) is 0.389. The Morgan fingerprint density at radius 1 is 1.17 bits per heavy atom. The Kier molecular flexibility index (Phi) is 4.41. The number of methoxy groups -OCH3 is 1. The third-order valence-electron chi connectivity index (χ3n) is 4.52. The molecular weight excluding hydrogens is 316 g/mol. The molecule has 3 rings (SSSR count). The number of piperidine rings is 1. The highest BCUT2D eigenvalue weighted by molar-refractivity contribution is 5.86. The molecule has 128 valence electrons. The van der Waals surface area contributed by atoms with E-state index in [4.69, 9.17) is 4.74 Å². The van der Waals surface area contributed by atoms with E-state index in [1.54, 1.807) is 24.1 Å². The maximum atomic E-state index is 13.3. The lowest BCUT2D eigenvalue weighted by atomic mass is 9.97. The lowest BCUT2D eigenvalue weighted by Gasteiger charge is -2.35. The second-order valence-corrected chi connectivity index (χ2v) is 6.11. The first kappa shape index (κ1) is 16.6. The molecule has 1 atom stereocenters. The normalized spacial score (nSPS) is 19.1. The van der Waals surface area contributed by atoms with Crippen LogP contribution in [-0.2, 0) is 4.79 Å². The van der Waals surface area contributed by atoms with Gasteiger partial charge in [0.25, 0.3) is 5.92 Å². The van der Waals surface area contributed by atoms with Crippen LogP contribution in [0.5, 0.6) is 5.75 Å². The molecule has 2 aromatic rings. The summed E-state index contributed by atoms with van der Waals surface area (Å²) in [6.07, 6.45) is -0.608. The first-order valence-electron chi connectivity index (χ1n) is 7.82. The quantitative estimate of drug-likeness (QED) is 0.925. The summed E-state index contributed by atoms with van der Waals surface area (Å²) in [4.78, 5) is 13.4. The highest BCUT2D eigenvalue weighted by Crippen LogP contribution is 2.33. The number of rotatable bonds is 4. The smallest absolute Gasteiger partial charge is 0.325 e. The molecule has 1 heterocycles. The van der Waals surface area contributed by atoms with Crippen molar-refractivity contribution in [2.45, 2.75) is 24.8 Å². The number of alkyl halides is 2. The summed E-state index contributed by atoms with van der Waals surface area (Å²) in [6.45, 7) is 0.148. The molecule has 0 saturated carbocycles. The number of fused-ring (bicyclic) bond motifs is 1. The number of carbonyl (C=O) groups is 1. The number of hydrogen-bond donors (Lipinski definition) is 1. The summed E-state index contributed by atoms with van der Waals surface area (Å²) < 4.78 is 31.9. The predicted octanol–water partition coefficient (Wildman–Crippen LogP) is 3.71. The van der Waals surface area contributed by atoms with Crippen LogP contribution in [0.25, 0.3) is 10.8 Å². The Balaban J connectivity index is 1.91. The molecule has 1 fully saturated rings. The summed E-state index contributed by atoms with van der Waals surface area (Å²) in [6, 6.07) is 10.0. The Bertz CT molecular complexity index is 753. The first-order valence-corrected chi connectivity index (χ1v) is 7.82. The van der Waals surface area contributed by atoms with Crippen LogP contribution in [0, 0.1) is 0 Å². The molecule has 0 bridgehead atoms. The number of halogens is 2. The van der Waals surface area contributed by atoms with Crippen LogP contribution in [0.15, 0.2) is 36.4 Å². The SMILES string of the molecule is COc1ccc2cc(C(C(=O)O)N3CCC(F)(F)CC3)ccc2c1. The van der Waals surface area contributed by atoms with E-state index in [2.05, 4.69) is 0 Å². The van der Waals surface area contributed by atoms with Crippen molar-refractivity contribution < 1.29 is 23.4 Å². The van der Waals surface area contributed by atoms with E-state index in [0.29, 0.717) is 5.56 Å². The van der Waals surface area contributed by atoms with Gasteiger partial charge in [-0.1, -0.05) is 18.2 Å². The van der Waals surface area contributed by atoms with Crippen molar-refractivity contribution in [1.82, 2.24) is 4.90 Å². The average molecular weight is 335 g/mol. The number of nitrogens with zero attached hydrogens (tertiary/aromatic N) is 1. The fourth-order valence-corrected chi connectivity index (χ4v) is 3.16. The van der Waals surface area contributed by atoms with Gasteiger partial charge in [-0.15, -0.1) is 0 Å². The molecule has 0 radical (unpaired) electrons. The van der Waals surface area contributed by atoms with Crippen molar-refractivity contribution in [1.29, 1.82) is 0 Å². The molecule has 1 aliphatic heterocycles. The van der Waals surface area contributed by atoms with Gasteiger partial charge in [-0.25, -0.2) is 8.78 Å². The van der Waals surface area contributed by atoms with E-state index in [0.717, 1.165) is 16.5 Å². The van der Waals surface area contributed by atoms with Gasteiger partial charge in [0.15, 0.2) is 0 Å². The largest absolute Gasteiger partial charge is 0.497 e. The summed E-state index contributed by atoms with van der Waals surface area (Å²) in [5.74, 6) is -2.99. The van der Waals surface area contributed by atoms with Crippen molar-refractivity contribution in [3.8, 4) is 5.75 Å². The van der Waals surface area contributed by atoms with Gasteiger partial charge in [0, 0.05) is 25.9 Å². The van der Waals surface area contributed by atoms with Gasteiger partial charge in [0.05, 0.1) is 7.11 Å². The molecule has 1 N–H and O–H groups in total. The number of aliphatic carboxylic acids is 1. The van der Waals surface area contributed by atoms with E-state index in [9.17, 15) is 18.7 Å². The molecule has 0 aromatic heterocycles. The minimum Gasteiger partial charge on any atom is -0.497 e. The standard InChI is InChI=1S/C18H19F2NO3/c1-24-15-5-4-12-10-14(3-2-13(12)11-15)16(17(22)23)21-8-6-18(19,20)7-9-21/h2-5,10-11,16H,6-9H2,1H3,(H,22,23). The Morgan fingerprint density at radius 2 is 1.79 bits per heavy atom. The summed E-state index contributed by atoms with van der Waals surface area (Å²) in [5.41, 5.74) is 0.602. The van der Waals surface area contributed by atoms with Crippen LogP contribution in [-0.4, -0.2) is 42.1 Å². The van der Waals surface area contributed by atoms with Gasteiger partial charge in [-0.3, -0.25) is 9.69 Å². The molecule has 6 heteroatoms. The van der Waals surface area contributed by atoms with Crippen molar-refractivity contribution in [3.63, 3.8) is 0 Å². The van der Waals surface area contributed by atoms with Crippen molar-refractivity contribution in [3.05, 3.63) is 42.0 Å². The van der Waals surface area contributed by atoms with Gasteiger partial charge in [-0.05, 0) is 34.5 Å². The maximum Gasteiger partial charge on any atom is 0.325 e. The third kappa shape index (κ3) is 3.33. The van der Waals surface area contributed by atoms with Crippen molar-refractivity contribution in [2.75, 3.05) is 20.2 Å². The Hall–Kier alpha value is -2.21. The molecule has 4 nitrogen and oxygen atoms in total. The number of ether oxygens (including phenoxy) is 1.